The number of nitrogens with one attached hydrogen (secondary N) is 1. The molecule has 3 amide bonds. The molecule has 1 aliphatic carbocycles. The number of anilines is 1. The summed E-state index contributed by atoms with van der Waals surface area (Å²) in [5.41, 5.74) is 0.608. The van der Waals surface area contributed by atoms with Crippen LogP contribution in [-0.4, -0.2) is 42.4 Å². The van der Waals surface area contributed by atoms with Gasteiger partial charge in [0.15, 0.2) is 11.5 Å². The van der Waals surface area contributed by atoms with Gasteiger partial charge in [0.25, 0.3) is 0 Å². The number of fused-ring (bicyclic) bond motifs is 2. The number of ether oxygens (including phenoxy) is 2. The number of rotatable bonds is 4. The first-order valence-corrected chi connectivity index (χ1v) is 9.68. The Kier molecular flexibility index (Phi) is 5.01. The predicted molar refractivity (Wildman–Crippen MR) is 97.5 cm³/mol. The largest absolute Gasteiger partial charge is 0.490 e. The molecule has 2 heterocycles. The van der Waals surface area contributed by atoms with Crippen LogP contribution >= 0.6 is 0 Å². The molecule has 1 aromatic carbocycles. The number of imide groups is 1. The van der Waals surface area contributed by atoms with Gasteiger partial charge < -0.3 is 14.8 Å². The number of hydrogen-bond donors (Lipinski definition) is 1. The number of likely N-dealkylation sites (tertiary alicyclic amines) is 1. The SMILES string of the molecule is O=C(CCN1C(=O)[C@H]2CCCC[C@@H]2C1=O)Nc1ccc2c(c1)OCCCO2. The van der Waals surface area contributed by atoms with Crippen LogP contribution in [0.15, 0.2) is 18.2 Å². The Morgan fingerprint density at radius 1 is 1.00 bits per heavy atom. The van der Waals surface area contributed by atoms with Crippen LogP contribution in [0.5, 0.6) is 11.5 Å². The van der Waals surface area contributed by atoms with E-state index in [0.29, 0.717) is 30.4 Å². The molecule has 0 spiro atoms. The van der Waals surface area contributed by atoms with Crippen molar-refractivity contribution in [3.63, 3.8) is 0 Å². The molecule has 7 nitrogen and oxygen atoms in total. The molecule has 0 unspecified atom stereocenters. The molecule has 4 rings (SSSR count). The second-order valence-corrected chi connectivity index (χ2v) is 7.34. The summed E-state index contributed by atoms with van der Waals surface area (Å²) < 4.78 is 11.2. The summed E-state index contributed by atoms with van der Waals surface area (Å²) in [5.74, 6) is 0.494. The fourth-order valence-electron chi connectivity index (χ4n) is 4.13. The minimum absolute atomic E-state index is 0.0887. The molecular formula is C20H24N2O5. The van der Waals surface area contributed by atoms with Gasteiger partial charge in [0.1, 0.15) is 0 Å². The van der Waals surface area contributed by atoms with E-state index in [4.69, 9.17) is 9.47 Å². The highest BCUT2D eigenvalue weighted by Gasteiger charge is 2.47. The lowest BCUT2D eigenvalue weighted by molar-refractivity contribution is -0.140. The van der Waals surface area contributed by atoms with E-state index in [1.54, 1.807) is 18.2 Å². The average Bonchev–Trinajstić information content (AvgIpc) is 2.82. The van der Waals surface area contributed by atoms with Crippen molar-refractivity contribution >= 4 is 23.4 Å². The summed E-state index contributed by atoms with van der Waals surface area (Å²) in [5, 5.41) is 2.81. The van der Waals surface area contributed by atoms with E-state index in [1.807, 2.05) is 0 Å². The van der Waals surface area contributed by atoms with Gasteiger partial charge in [-0.05, 0) is 25.0 Å². The second kappa shape index (κ2) is 7.58. The summed E-state index contributed by atoms with van der Waals surface area (Å²) >= 11 is 0. The molecule has 0 aromatic heterocycles. The zero-order valence-electron chi connectivity index (χ0n) is 15.2. The topological polar surface area (TPSA) is 84.9 Å². The van der Waals surface area contributed by atoms with Crippen molar-refractivity contribution in [3.8, 4) is 11.5 Å². The summed E-state index contributed by atoms with van der Waals surface area (Å²) in [4.78, 5) is 38.5. The van der Waals surface area contributed by atoms with Crippen LogP contribution < -0.4 is 14.8 Å². The minimum atomic E-state index is -0.236. The Labute approximate surface area is 158 Å². The molecule has 0 bridgehead atoms. The molecule has 2 aliphatic heterocycles. The molecular weight excluding hydrogens is 348 g/mol. The summed E-state index contributed by atoms with van der Waals surface area (Å²) in [7, 11) is 0. The summed E-state index contributed by atoms with van der Waals surface area (Å²) in [6.45, 7) is 1.32. The van der Waals surface area contributed by atoms with Gasteiger partial charge in [-0.15, -0.1) is 0 Å². The normalized spacial score (nSPS) is 24.4. The Balaban J connectivity index is 1.34. The van der Waals surface area contributed by atoms with E-state index >= 15 is 0 Å². The number of amides is 3. The van der Waals surface area contributed by atoms with E-state index in [-0.39, 0.29) is 42.5 Å². The van der Waals surface area contributed by atoms with Gasteiger partial charge in [0, 0.05) is 31.1 Å². The van der Waals surface area contributed by atoms with Crippen molar-refractivity contribution in [1.29, 1.82) is 0 Å². The molecule has 1 saturated carbocycles. The van der Waals surface area contributed by atoms with Gasteiger partial charge in [0.05, 0.1) is 25.0 Å². The number of benzene rings is 1. The quantitative estimate of drug-likeness (QED) is 0.820. The average molecular weight is 372 g/mol. The monoisotopic (exact) mass is 372 g/mol. The lowest BCUT2D eigenvalue weighted by atomic mass is 9.81. The number of carbonyl (C=O) groups excluding carboxylic acids is 3. The second-order valence-electron chi connectivity index (χ2n) is 7.34. The van der Waals surface area contributed by atoms with E-state index < -0.39 is 0 Å². The molecule has 144 valence electrons. The van der Waals surface area contributed by atoms with E-state index in [1.165, 1.54) is 4.90 Å². The van der Waals surface area contributed by atoms with E-state index in [9.17, 15) is 14.4 Å². The molecule has 27 heavy (non-hydrogen) atoms. The smallest absolute Gasteiger partial charge is 0.233 e. The first-order chi connectivity index (χ1) is 13.1. The predicted octanol–water partition coefficient (Wildman–Crippen LogP) is 2.35. The minimum Gasteiger partial charge on any atom is -0.490 e. The van der Waals surface area contributed by atoms with Crippen molar-refractivity contribution in [2.45, 2.75) is 38.5 Å². The van der Waals surface area contributed by atoms with Crippen LogP contribution in [0.2, 0.25) is 0 Å². The van der Waals surface area contributed by atoms with Crippen LogP contribution in [0.3, 0.4) is 0 Å². The third-order valence-corrected chi connectivity index (χ3v) is 5.53. The molecule has 1 saturated heterocycles. The van der Waals surface area contributed by atoms with Crippen molar-refractivity contribution in [2.75, 3.05) is 25.1 Å². The molecule has 3 aliphatic rings. The molecule has 1 aromatic rings. The van der Waals surface area contributed by atoms with Crippen molar-refractivity contribution in [2.24, 2.45) is 11.8 Å². The third-order valence-electron chi connectivity index (χ3n) is 5.53. The first kappa shape index (κ1) is 17.8. The van der Waals surface area contributed by atoms with E-state index in [0.717, 1.165) is 32.1 Å². The number of nitrogens with zero attached hydrogens (tertiary/aromatic N) is 1. The Morgan fingerprint density at radius 3 is 2.37 bits per heavy atom. The Morgan fingerprint density at radius 2 is 1.67 bits per heavy atom. The van der Waals surface area contributed by atoms with Gasteiger partial charge in [0.2, 0.25) is 17.7 Å². The van der Waals surface area contributed by atoms with Crippen LogP contribution in [0, 0.1) is 11.8 Å². The fraction of sp³-hybridized carbons (Fsp3) is 0.550. The Bertz CT molecular complexity index is 739. The molecule has 7 heteroatoms. The van der Waals surface area contributed by atoms with Crippen LogP contribution in [0.25, 0.3) is 0 Å². The zero-order chi connectivity index (χ0) is 18.8. The van der Waals surface area contributed by atoms with Gasteiger partial charge in [-0.2, -0.15) is 0 Å². The number of hydrogen-bond acceptors (Lipinski definition) is 5. The molecule has 2 atom stereocenters. The van der Waals surface area contributed by atoms with E-state index in [2.05, 4.69) is 5.32 Å². The van der Waals surface area contributed by atoms with Gasteiger partial charge in [-0.1, -0.05) is 12.8 Å². The first-order valence-electron chi connectivity index (χ1n) is 9.68. The van der Waals surface area contributed by atoms with Crippen molar-refractivity contribution in [1.82, 2.24) is 4.90 Å². The highest BCUT2D eigenvalue weighted by atomic mass is 16.5. The zero-order valence-corrected chi connectivity index (χ0v) is 15.2. The Hall–Kier alpha value is -2.57. The maximum Gasteiger partial charge on any atom is 0.233 e. The van der Waals surface area contributed by atoms with Crippen LogP contribution in [-0.2, 0) is 14.4 Å². The summed E-state index contributed by atoms with van der Waals surface area (Å²) in [6.07, 6.45) is 4.48. The van der Waals surface area contributed by atoms with Gasteiger partial charge in [-0.25, -0.2) is 0 Å². The highest BCUT2D eigenvalue weighted by Crippen LogP contribution is 2.38. The van der Waals surface area contributed by atoms with Crippen LogP contribution in [0.1, 0.15) is 38.5 Å². The highest BCUT2D eigenvalue weighted by molar-refractivity contribution is 6.05. The van der Waals surface area contributed by atoms with Crippen LogP contribution in [0.4, 0.5) is 5.69 Å². The maximum atomic E-state index is 12.5. The lowest BCUT2D eigenvalue weighted by Gasteiger charge is -2.19. The molecule has 1 N–H and O–H groups in total. The fourth-order valence-corrected chi connectivity index (χ4v) is 4.13. The molecule has 2 fully saturated rings. The van der Waals surface area contributed by atoms with Gasteiger partial charge in [-0.3, -0.25) is 19.3 Å². The standard InChI is InChI=1S/C20H24N2O5/c23-18(21-13-6-7-16-17(12-13)27-11-3-10-26-16)8-9-22-19(24)14-4-1-2-5-15(14)20(22)25/h6-7,12,14-15H,1-5,8-11H2,(H,21,23)/t14-,15-/m0/s1. The maximum absolute atomic E-state index is 12.5. The third kappa shape index (κ3) is 3.63. The molecule has 0 radical (unpaired) electrons. The number of carbonyl (C=O) groups is 3. The van der Waals surface area contributed by atoms with Crippen molar-refractivity contribution in [3.05, 3.63) is 18.2 Å². The lowest BCUT2D eigenvalue weighted by Crippen LogP contribution is -2.34. The van der Waals surface area contributed by atoms with Crippen molar-refractivity contribution < 1.29 is 23.9 Å². The van der Waals surface area contributed by atoms with Gasteiger partial charge >= 0.3 is 0 Å². The summed E-state index contributed by atoms with van der Waals surface area (Å²) in [6, 6.07) is 5.26.